The van der Waals surface area contributed by atoms with Gasteiger partial charge in [0.2, 0.25) is 0 Å². The van der Waals surface area contributed by atoms with E-state index in [1.807, 2.05) is 4.90 Å². The van der Waals surface area contributed by atoms with Gasteiger partial charge in [0.05, 0.1) is 10.6 Å². The number of nitrogens with zero attached hydrogens (tertiary/aromatic N) is 2. The van der Waals surface area contributed by atoms with E-state index >= 15 is 0 Å². The van der Waals surface area contributed by atoms with E-state index in [1.165, 1.54) is 12.1 Å². The number of nitrogens with one attached hydrogen (secondary N) is 1. The number of halogens is 2. The Morgan fingerprint density at radius 3 is 2.37 bits per heavy atom. The van der Waals surface area contributed by atoms with Gasteiger partial charge in [0.1, 0.15) is 17.3 Å². The van der Waals surface area contributed by atoms with Gasteiger partial charge in [-0.15, -0.1) is 0 Å². The minimum Gasteiger partial charge on any atom is -0.366 e. The number of anilines is 2. The van der Waals surface area contributed by atoms with Gasteiger partial charge in [0, 0.05) is 30.8 Å². The Hall–Kier alpha value is -3.03. The molecular weight excluding hydrogens is 356 g/mol. The van der Waals surface area contributed by atoms with Crippen LogP contribution in [0.3, 0.4) is 0 Å². The highest BCUT2D eigenvalue weighted by Gasteiger charge is 2.23. The van der Waals surface area contributed by atoms with E-state index in [0.717, 1.165) is 50.9 Å². The summed E-state index contributed by atoms with van der Waals surface area (Å²) in [5.74, 6) is -2.38. The van der Waals surface area contributed by atoms with Gasteiger partial charge in [-0.1, -0.05) is 12.8 Å². The normalized spacial score (nSPS) is 14.5. The van der Waals surface area contributed by atoms with Crippen molar-refractivity contribution in [2.75, 3.05) is 23.3 Å². The van der Waals surface area contributed by atoms with Crippen LogP contribution in [0, 0.1) is 21.7 Å². The Morgan fingerprint density at radius 1 is 1.04 bits per heavy atom. The molecule has 2 aromatic carbocycles. The predicted molar refractivity (Wildman–Crippen MR) is 98.1 cm³/mol. The lowest BCUT2D eigenvalue weighted by molar-refractivity contribution is -0.384. The van der Waals surface area contributed by atoms with Crippen LogP contribution < -0.4 is 10.2 Å². The van der Waals surface area contributed by atoms with Gasteiger partial charge in [-0.3, -0.25) is 14.9 Å². The second-order valence-corrected chi connectivity index (χ2v) is 6.44. The predicted octanol–water partition coefficient (Wildman–Crippen LogP) is 4.51. The van der Waals surface area contributed by atoms with Crippen LogP contribution in [-0.2, 0) is 0 Å². The second kappa shape index (κ2) is 8.11. The topological polar surface area (TPSA) is 75.5 Å². The molecule has 0 bridgehead atoms. The highest BCUT2D eigenvalue weighted by Crippen LogP contribution is 2.31. The number of amides is 1. The van der Waals surface area contributed by atoms with Crippen LogP contribution >= 0.6 is 0 Å². The molecule has 27 heavy (non-hydrogen) atoms. The van der Waals surface area contributed by atoms with Crippen molar-refractivity contribution in [3.63, 3.8) is 0 Å². The molecule has 6 nitrogen and oxygen atoms in total. The molecule has 1 N–H and O–H groups in total. The fraction of sp³-hybridized carbons (Fsp3) is 0.316. The van der Waals surface area contributed by atoms with E-state index in [0.29, 0.717) is 11.8 Å². The monoisotopic (exact) mass is 375 g/mol. The first kappa shape index (κ1) is 18.8. The summed E-state index contributed by atoms with van der Waals surface area (Å²) >= 11 is 0. The highest BCUT2D eigenvalue weighted by molar-refractivity contribution is 6.05. The Labute approximate surface area is 154 Å². The van der Waals surface area contributed by atoms with E-state index in [1.54, 1.807) is 6.07 Å². The third-order valence-corrected chi connectivity index (χ3v) is 4.56. The van der Waals surface area contributed by atoms with E-state index in [-0.39, 0.29) is 16.9 Å². The van der Waals surface area contributed by atoms with Gasteiger partial charge in [0.15, 0.2) is 0 Å². The summed E-state index contributed by atoms with van der Waals surface area (Å²) in [7, 11) is 0. The zero-order valence-electron chi connectivity index (χ0n) is 14.6. The molecule has 1 amide bonds. The molecular formula is C19H19F2N3O3. The lowest BCUT2D eigenvalue weighted by Crippen LogP contribution is -2.25. The van der Waals surface area contributed by atoms with Crippen molar-refractivity contribution >= 4 is 23.0 Å². The third-order valence-electron chi connectivity index (χ3n) is 4.56. The molecule has 1 fully saturated rings. The van der Waals surface area contributed by atoms with E-state index < -0.39 is 22.5 Å². The number of rotatable bonds is 4. The maximum Gasteiger partial charge on any atom is 0.293 e. The van der Waals surface area contributed by atoms with Crippen molar-refractivity contribution < 1.29 is 18.5 Å². The van der Waals surface area contributed by atoms with Gasteiger partial charge in [-0.25, -0.2) is 8.78 Å². The van der Waals surface area contributed by atoms with Crippen LogP contribution in [0.4, 0.5) is 25.8 Å². The molecule has 1 aliphatic rings. The van der Waals surface area contributed by atoms with Gasteiger partial charge in [0.25, 0.3) is 11.6 Å². The van der Waals surface area contributed by atoms with Crippen molar-refractivity contribution in [3.8, 4) is 0 Å². The van der Waals surface area contributed by atoms with Crippen molar-refractivity contribution in [2.24, 2.45) is 0 Å². The summed E-state index contributed by atoms with van der Waals surface area (Å²) in [6.07, 6.45) is 4.11. The SMILES string of the molecule is O=C(Nc1ccc(F)cc1F)c1ccc(N2CCCCCC2)c([N+](=O)[O-])c1. The Balaban J connectivity index is 1.86. The maximum atomic E-state index is 13.7. The minimum absolute atomic E-state index is 0.0315. The number of nitro benzene ring substituents is 1. The quantitative estimate of drug-likeness (QED) is 0.630. The molecule has 0 radical (unpaired) electrons. The molecule has 2 aromatic rings. The molecule has 0 spiro atoms. The summed E-state index contributed by atoms with van der Waals surface area (Å²) < 4.78 is 26.7. The van der Waals surface area contributed by atoms with Crippen LogP contribution in [0.2, 0.25) is 0 Å². The molecule has 3 rings (SSSR count). The maximum absolute atomic E-state index is 13.7. The van der Waals surface area contributed by atoms with Crippen molar-refractivity contribution in [3.05, 3.63) is 63.7 Å². The molecule has 0 saturated carbocycles. The zero-order chi connectivity index (χ0) is 19.4. The largest absolute Gasteiger partial charge is 0.366 e. The Morgan fingerprint density at radius 2 is 1.74 bits per heavy atom. The average Bonchev–Trinajstić information content (AvgIpc) is 2.92. The van der Waals surface area contributed by atoms with Crippen molar-refractivity contribution in [1.82, 2.24) is 0 Å². The standard InChI is InChI=1S/C19H19F2N3O3/c20-14-6-7-16(15(21)12-14)22-19(25)13-5-8-17(18(11-13)24(26)27)23-9-3-1-2-4-10-23/h5-8,11-12H,1-4,9-10H2,(H,22,25). The molecule has 0 aromatic heterocycles. The number of hydrogen-bond donors (Lipinski definition) is 1. The molecule has 142 valence electrons. The van der Waals surface area contributed by atoms with Gasteiger partial charge in [-0.05, 0) is 37.1 Å². The first-order chi connectivity index (χ1) is 13.0. The molecule has 1 saturated heterocycles. The second-order valence-electron chi connectivity index (χ2n) is 6.44. The van der Waals surface area contributed by atoms with Gasteiger partial charge < -0.3 is 10.2 Å². The van der Waals surface area contributed by atoms with Crippen molar-refractivity contribution in [2.45, 2.75) is 25.7 Å². The highest BCUT2D eigenvalue weighted by atomic mass is 19.1. The summed E-state index contributed by atoms with van der Waals surface area (Å²) in [5, 5.41) is 13.8. The molecule has 0 unspecified atom stereocenters. The van der Waals surface area contributed by atoms with Crippen molar-refractivity contribution in [1.29, 1.82) is 0 Å². The third kappa shape index (κ3) is 4.39. The fourth-order valence-corrected chi connectivity index (χ4v) is 3.18. The molecule has 1 aliphatic heterocycles. The lowest BCUT2D eigenvalue weighted by Gasteiger charge is -2.22. The van der Waals surface area contributed by atoms with E-state index in [4.69, 9.17) is 0 Å². The molecule has 0 aliphatic carbocycles. The lowest BCUT2D eigenvalue weighted by atomic mass is 10.1. The fourth-order valence-electron chi connectivity index (χ4n) is 3.18. The number of carbonyl (C=O) groups is 1. The Bertz CT molecular complexity index is 865. The first-order valence-corrected chi connectivity index (χ1v) is 8.75. The number of hydrogen-bond acceptors (Lipinski definition) is 4. The zero-order valence-corrected chi connectivity index (χ0v) is 14.6. The van der Waals surface area contributed by atoms with Crippen LogP contribution in [-0.4, -0.2) is 23.9 Å². The first-order valence-electron chi connectivity index (χ1n) is 8.75. The van der Waals surface area contributed by atoms with E-state index in [9.17, 15) is 23.7 Å². The smallest absolute Gasteiger partial charge is 0.293 e. The van der Waals surface area contributed by atoms with Gasteiger partial charge >= 0.3 is 0 Å². The summed E-state index contributed by atoms with van der Waals surface area (Å²) in [4.78, 5) is 25.3. The number of carbonyl (C=O) groups excluding carboxylic acids is 1. The summed E-state index contributed by atoms with van der Waals surface area (Å²) in [5.41, 5.74) is 0.153. The van der Waals surface area contributed by atoms with Crippen LogP contribution in [0.5, 0.6) is 0 Å². The Kier molecular flexibility index (Phi) is 5.63. The van der Waals surface area contributed by atoms with Crippen LogP contribution in [0.1, 0.15) is 36.0 Å². The number of benzene rings is 2. The van der Waals surface area contributed by atoms with Gasteiger partial charge in [-0.2, -0.15) is 0 Å². The molecule has 0 atom stereocenters. The minimum atomic E-state index is -0.918. The van der Waals surface area contributed by atoms with Crippen LogP contribution in [0.25, 0.3) is 0 Å². The number of nitro groups is 1. The molecule has 1 heterocycles. The van der Waals surface area contributed by atoms with E-state index in [2.05, 4.69) is 5.32 Å². The molecule has 8 heteroatoms. The average molecular weight is 375 g/mol. The van der Waals surface area contributed by atoms with Crippen LogP contribution in [0.15, 0.2) is 36.4 Å². The summed E-state index contributed by atoms with van der Waals surface area (Å²) in [6.45, 7) is 1.46. The summed E-state index contributed by atoms with van der Waals surface area (Å²) in [6, 6.07) is 6.99.